The molecule has 3 rings (SSSR count). The van der Waals surface area contributed by atoms with Gasteiger partial charge >= 0.3 is 0 Å². The van der Waals surface area contributed by atoms with Crippen molar-refractivity contribution in [2.45, 2.75) is 38.0 Å². The Bertz CT molecular complexity index is 498. The normalized spacial score (nSPS) is 18.1. The molecule has 0 bridgehead atoms. The van der Waals surface area contributed by atoms with Gasteiger partial charge in [0.25, 0.3) is 0 Å². The van der Waals surface area contributed by atoms with Gasteiger partial charge in [0, 0.05) is 5.69 Å². The summed E-state index contributed by atoms with van der Waals surface area (Å²) >= 11 is 3.41. The van der Waals surface area contributed by atoms with E-state index in [0.29, 0.717) is 0 Å². The Morgan fingerprint density at radius 1 is 1.19 bits per heavy atom. The van der Waals surface area contributed by atoms with Crippen LogP contribution in [0.2, 0.25) is 0 Å². The first-order valence-corrected chi connectivity index (χ1v) is 6.77. The van der Waals surface area contributed by atoms with Crippen molar-refractivity contribution in [2.75, 3.05) is 0 Å². The van der Waals surface area contributed by atoms with Crippen molar-refractivity contribution < 1.29 is 0 Å². The number of nitrogens with one attached hydrogen (secondary N) is 1. The van der Waals surface area contributed by atoms with Gasteiger partial charge in [0.1, 0.15) is 4.60 Å². The summed E-state index contributed by atoms with van der Waals surface area (Å²) in [5, 5.41) is 0. The number of H-pyrrole nitrogens is 1. The zero-order valence-corrected chi connectivity index (χ0v) is 10.8. The SMILES string of the molecule is Brc1ccc2[nH]c(C3CCCCC3)cc2n1. The molecule has 0 aromatic carbocycles. The van der Waals surface area contributed by atoms with Crippen molar-refractivity contribution in [1.29, 1.82) is 0 Å². The Labute approximate surface area is 104 Å². The zero-order valence-electron chi connectivity index (χ0n) is 9.17. The number of nitrogens with zero attached hydrogens (tertiary/aromatic N) is 1. The third-order valence-electron chi connectivity index (χ3n) is 3.51. The number of hydrogen-bond acceptors (Lipinski definition) is 1. The second-order valence-electron chi connectivity index (χ2n) is 4.63. The van der Waals surface area contributed by atoms with Gasteiger partial charge in [-0.15, -0.1) is 0 Å². The lowest BCUT2D eigenvalue weighted by Crippen LogP contribution is -2.04. The molecular weight excluding hydrogens is 264 g/mol. The highest BCUT2D eigenvalue weighted by Crippen LogP contribution is 2.33. The largest absolute Gasteiger partial charge is 0.357 e. The van der Waals surface area contributed by atoms with Crippen LogP contribution in [0.5, 0.6) is 0 Å². The highest BCUT2D eigenvalue weighted by Gasteiger charge is 2.17. The average Bonchev–Trinajstić information content (AvgIpc) is 2.73. The third-order valence-corrected chi connectivity index (χ3v) is 3.95. The van der Waals surface area contributed by atoms with Gasteiger partial charge < -0.3 is 4.98 Å². The molecule has 2 aromatic rings. The molecule has 1 saturated carbocycles. The summed E-state index contributed by atoms with van der Waals surface area (Å²) in [5.74, 6) is 0.724. The predicted molar refractivity (Wildman–Crippen MR) is 69.6 cm³/mol. The van der Waals surface area contributed by atoms with Crippen molar-refractivity contribution in [3.63, 3.8) is 0 Å². The first kappa shape index (κ1) is 10.3. The van der Waals surface area contributed by atoms with E-state index in [-0.39, 0.29) is 0 Å². The smallest absolute Gasteiger partial charge is 0.106 e. The fourth-order valence-electron chi connectivity index (χ4n) is 2.64. The van der Waals surface area contributed by atoms with Crippen LogP contribution in [0.4, 0.5) is 0 Å². The molecule has 0 unspecified atom stereocenters. The van der Waals surface area contributed by atoms with E-state index in [0.717, 1.165) is 21.6 Å². The maximum absolute atomic E-state index is 4.48. The number of pyridine rings is 1. The first-order chi connectivity index (χ1) is 7.83. The van der Waals surface area contributed by atoms with Crippen molar-refractivity contribution in [2.24, 2.45) is 0 Å². The molecule has 0 amide bonds. The molecule has 1 aliphatic rings. The van der Waals surface area contributed by atoms with Gasteiger partial charge in [-0.3, -0.25) is 0 Å². The van der Waals surface area contributed by atoms with E-state index in [9.17, 15) is 0 Å². The first-order valence-electron chi connectivity index (χ1n) is 5.98. The van der Waals surface area contributed by atoms with E-state index in [1.165, 1.54) is 37.8 Å². The molecule has 3 heteroatoms. The Kier molecular flexibility index (Phi) is 2.72. The van der Waals surface area contributed by atoms with Crippen molar-refractivity contribution in [3.05, 3.63) is 28.5 Å². The van der Waals surface area contributed by atoms with Crippen LogP contribution < -0.4 is 0 Å². The standard InChI is InChI=1S/C13H15BrN2/c14-13-7-6-10-12(16-13)8-11(15-10)9-4-2-1-3-5-9/h6-9,15H,1-5H2. The summed E-state index contributed by atoms with van der Waals surface area (Å²) < 4.78 is 0.911. The fourth-order valence-corrected chi connectivity index (χ4v) is 2.96. The molecule has 1 N–H and O–H groups in total. The van der Waals surface area contributed by atoms with E-state index in [2.05, 4.69) is 38.0 Å². The predicted octanol–water partition coefficient (Wildman–Crippen LogP) is 4.37. The number of rotatable bonds is 1. The number of aromatic amines is 1. The summed E-state index contributed by atoms with van der Waals surface area (Å²) in [6.07, 6.45) is 6.80. The highest BCUT2D eigenvalue weighted by molar-refractivity contribution is 9.10. The minimum Gasteiger partial charge on any atom is -0.357 e. The van der Waals surface area contributed by atoms with Crippen molar-refractivity contribution in [1.82, 2.24) is 9.97 Å². The minimum absolute atomic E-state index is 0.724. The zero-order chi connectivity index (χ0) is 11.0. The second-order valence-corrected chi connectivity index (χ2v) is 5.44. The molecule has 2 aromatic heterocycles. The summed E-state index contributed by atoms with van der Waals surface area (Å²) in [7, 11) is 0. The van der Waals surface area contributed by atoms with Gasteiger partial charge in [0.05, 0.1) is 11.0 Å². The van der Waals surface area contributed by atoms with Crippen LogP contribution in [0.15, 0.2) is 22.8 Å². The Morgan fingerprint density at radius 2 is 2.00 bits per heavy atom. The lowest BCUT2D eigenvalue weighted by Gasteiger charge is -2.20. The van der Waals surface area contributed by atoms with Gasteiger partial charge in [0.2, 0.25) is 0 Å². The molecule has 1 fully saturated rings. The van der Waals surface area contributed by atoms with Crippen LogP contribution in [-0.2, 0) is 0 Å². The second kappa shape index (κ2) is 4.21. The van der Waals surface area contributed by atoms with Crippen LogP contribution in [0, 0.1) is 0 Å². The Balaban J connectivity index is 1.97. The van der Waals surface area contributed by atoms with E-state index in [1.807, 2.05) is 6.07 Å². The van der Waals surface area contributed by atoms with Gasteiger partial charge in [-0.2, -0.15) is 0 Å². The minimum atomic E-state index is 0.724. The van der Waals surface area contributed by atoms with E-state index >= 15 is 0 Å². The fraction of sp³-hybridized carbons (Fsp3) is 0.462. The highest BCUT2D eigenvalue weighted by atomic mass is 79.9. The maximum atomic E-state index is 4.48. The van der Waals surface area contributed by atoms with Crippen LogP contribution in [0.1, 0.15) is 43.7 Å². The summed E-state index contributed by atoms with van der Waals surface area (Å²) in [4.78, 5) is 7.99. The molecule has 0 saturated heterocycles. The summed E-state index contributed by atoms with van der Waals surface area (Å²) in [5.41, 5.74) is 3.61. The Morgan fingerprint density at radius 3 is 2.81 bits per heavy atom. The van der Waals surface area contributed by atoms with E-state index in [4.69, 9.17) is 0 Å². The number of hydrogen-bond donors (Lipinski definition) is 1. The summed E-state index contributed by atoms with van der Waals surface area (Å²) in [6, 6.07) is 6.30. The molecule has 0 aliphatic heterocycles. The molecule has 2 nitrogen and oxygen atoms in total. The van der Waals surface area contributed by atoms with E-state index < -0.39 is 0 Å². The number of aromatic nitrogens is 2. The van der Waals surface area contributed by atoms with Crippen LogP contribution >= 0.6 is 15.9 Å². The maximum Gasteiger partial charge on any atom is 0.106 e. The lowest BCUT2D eigenvalue weighted by molar-refractivity contribution is 0.438. The van der Waals surface area contributed by atoms with Crippen LogP contribution in [0.3, 0.4) is 0 Å². The lowest BCUT2D eigenvalue weighted by atomic mass is 9.87. The van der Waals surface area contributed by atoms with Crippen LogP contribution in [-0.4, -0.2) is 9.97 Å². The van der Waals surface area contributed by atoms with Gasteiger partial charge in [0.15, 0.2) is 0 Å². The summed E-state index contributed by atoms with van der Waals surface area (Å²) in [6.45, 7) is 0. The molecular formula is C13H15BrN2. The average molecular weight is 279 g/mol. The van der Waals surface area contributed by atoms with Crippen molar-refractivity contribution in [3.8, 4) is 0 Å². The molecule has 0 atom stereocenters. The monoisotopic (exact) mass is 278 g/mol. The number of fused-ring (bicyclic) bond motifs is 1. The molecule has 1 aliphatic carbocycles. The molecule has 0 radical (unpaired) electrons. The molecule has 2 heterocycles. The molecule has 84 valence electrons. The van der Waals surface area contributed by atoms with Gasteiger partial charge in [-0.05, 0) is 52.9 Å². The third kappa shape index (κ3) is 1.88. The molecule has 0 spiro atoms. The van der Waals surface area contributed by atoms with Gasteiger partial charge in [-0.1, -0.05) is 19.3 Å². The van der Waals surface area contributed by atoms with Crippen LogP contribution in [0.25, 0.3) is 11.0 Å². The molecule has 16 heavy (non-hydrogen) atoms. The number of halogens is 1. The van der Waals surface area contributed by atoms with Gasteiger partial charge in [-0.25, -0.2) is 4.98 Å². The Hall–Kier alpha value is -0.830. The van der Waals surface area contributed by atoms with E-state index in [1.54, 1.807) is 0 Å². The quantitative estimate of drug-likeness (QED) is 0.771. The topological polar surface area (TPSA) is 28.7 Å². The van der Waals surface area contributed by atoms with Crippen molar-refractivity contribution >= 4 is 27.0 Å².